The molecule has 0 bridgehead atoms. The minimum absolute atomic E-state index is 0.0791. The minimum Gasteiger partial charge on any atom is -0.476 e. The first-order valence-corrected chi connectivity index (χ1v) is 7.01. The van der Waals surface area contributed by atoms with Crippen LogP contribution < -0.4 is 5.32 Å². The number of carboxylic acids is 1. The summed E-state index contributed by atoms with van der Waals surface area (Å²) < 4.78 is 0. The normalized spacial score (nSPS) is 10.6. The van der Waals surface area contributed by atoms with Gasteiger partial charge in [-0.15, -0.1) is 11.3 Å². The summed E-state index contributed by atoms with van der Waals surface area (Å²) in [5.74, 6) is -1.00. The Hall–Kier alpha value is -2.40. The van der Waals surface area contributed by atoms with Crippen molar-refractivity contribution >= 4 is 33.2 Å². The lowest BCUT2D eigenvalue weighted by Gasteiger charge is -2.07. The summed E-state index contributed by atoms with van der Waals surface area (Å²) in [6.07, 6.45) is 0. The third-order valence-electron chi connectivity index (χ3n) is 3.03. The molecule has 0 aliphatic heterocycles. The first-order valence-electron chi connectivity index (χ1n) is 6.13. The van der Waals surface area contributed by atoms with Crippen LogP contribution in [0.4, 0.5) is 5.13 Å². The fraction of sp³-hybridized carbons (Fsp3) is 0.0667. The average Bonchev–Trinajstić information content (AvgIpc) is 2.94. The molecule has 20 heavy (non-hydrogen) atoms. The smallest absolute Gasteiger partial charge is 0.355 e. The van der Waals surface area contributed by atoms with Crippen LogP contribution in [0.25, 0.3) is 10.8 Å². The number of nitrogens with zero attached hydrogens (tertiary/aromatic N) is 1. The van der Waals surface area contributed by atoms with Crippen molar-refractivity contribution in [2.75, 3.05) is 5.32 Å². The SMILES string of the molecule is O=C(O)c1csc(NCc2cccc3ccccc23)n1. The first kappa shape index (κ1) is 12.6. The zero-order valence-corrected chi connectivity index (χ0v) is 11.4. The summed E-state index contributed by atoms with van der Waals surface area (Å²) in [7, 11) is 0. The first-order chi connectivity index (χ1) is 9.74. The number of carbonyl (C=O) groups is 1. The third kappa shape index (κ3) is 2.48. The molecule has 0 radical (unpaired) electrons. The molecule has 3 rings (SSSR count). The number of anilines is 1. The Morgan fingerprint density at radius 1 is 1.20 bits per heavy atom. The van der Waals surface area contributed by atoms with Crippen molar-refractivity contribution in [1.29, 1.82) is 0 Å². The maximum atomic E-state index is 10.8. The fourth-order valence-electron chi connectivity index (χ4n) is 2.07. The van der Waals surface area contributed by atoms with E-state index in [2.05, 4.69) is 34.6 Å². The van der Waals surface area contributed by atoms with E-state index >= 15 is 0 Å². The van der Waals surface area contributed by atoms with Crippen molar-refractivity contribution in [1.82, 2.24) is 4.98 Å². The summed E-state index contributed by atoms with van der Waals surface area (Å²) in [5.41, 5.74) is 1.24. The molecule has 0 aliphatic rings. The summed E-state index contributed by atoms with van der Waals surface area (Å²) in [5, 5.41) is 16.6. The molecular weight excluding hydrogens is 272 g/mol. The molecule has 4 nitrogen and oxygen atoms in total. The van der Waals surface area contributed by atoms with Gasteiger partial charge in [0.05, 0.1) is 0 Å². The molecule has 0 saturated heterocycles. The number of hydrogen-bond donors (Lipinski definition) is 2. The van der Waals surface area contributed by atoms with E-state index in [1.165, 1.54) is 27.5 Å². The van der Waals surface area contributed by atoms with Gasteiger partial charge >= 0.3 is 5.97 Å². The topological polar surface area (TPSA) is 62.2 Å². The number of benzene rings is 2. The zero-order valence-electron chi connectivity index (χ0n) is 10.5. The highest BCUT2D eigenvalue weighted by Crippen LogP contribution is 2.21. The molecule has 100 valence electrons. The number of fused-ring (bicyclic) bond motifs is 1. The molecule has 0 saturated carbocycles. The molecule has 1 aromatic heterocycles. The van der Waals surface area contributed by atoms with E-state index in [0.717, 1.165) is 5.56 Å². The highest BCUT2D eigenvalue weighted by atomic mass is 32.1. The van der Waals surface area contributed by atoms with Crippen molar-refractivity contribution in [3.8, 4) is 0 Å². The molecule has 1 heterocycles. The van der Waals surface area contributed by atoms with Gasteiger partial charge in [0.2, 0.25) is 0 Å². The van der Waals surface area contributed by atoms with Gasteiger partial charge in [-0.25, -0.2) is 9.78 Å². The molecule has 2 N–H and O–H groups in total. The van der Waals surface area contributed by atoms with E-state index in [1.807, 2.05) is 18.2 Å². The summed E-state index contributed by atoms with van der Waals surface area (Å²) in [6.45, 7) is 0.619. The quantitative estimate of drug-likeness (QED) is 0.768. The molecule has 0 amide bonds. The van der Waals surface area contributed by atoms with Crippen molar-refractivity contribution in [2.45, 2.75) is 6.54 Å². The van der Waals surface area contributed by atoms with Crippen molar-refractivity contribution < 1.29 is 9.90 Å². The number of carboxylic acid groups (broad SMARTS) is 1. The Morgan fingerprint density at radius 3 is 2.80 bits per heavy atom. The molecule has 5 heteroatoms. The van der Waals surface area contributed by atoms with Crippen LogP contribution in [0.2, 0.25) is 0 Å². The third-order valence-corrected chi connectivity index (χ3v) is 3.83. The van der Waals surface area contributed by atoms with Crippen molar-refractivity contribution in [3.05, 3.63) is 59.1 Å². The van der Waals surface area contributed by atoms with E-state index in [9.17, 15) is 4.79 Å². The van der Waals surface area contributed by atoms with Crippen LogP contribution in [-0.4, -0.2) is 16.1 Å². The van der Waals surface area contributed by atoms with Gasteiger partial charge < -0.3 is 10.4 Å². The second kappa shape index (κ2) is 5.30. The molecule has 0 aliphatic carbocycles. The summed E-state index contributed by atoms with van der Waals surface area (Å²) in [6, 6.07) is 14.3. The lowest BCUT2D eigenvalue weighted by atomic mass is 10.0. The van der Waals surface area contributed by atoms with Gasteiger partial charge in [-0.2, -0.15) is 0 Å². The van der Waals surface area contributed by atoms with Crippen LogP contribution in [0.1, 0.15) is 16.1 Å². The van der Waals surface area contributed by atoms with Gasteiger partial charge in [0, 0.05) is 11.9 Å². The molecule has 0 atom stereocenters. The Kier molecular flexibility index (Phi) is 3.35. The molecule has 0 unspecified atom stereocenters. The second-order valence-corrected chi connectivity index (χ2v) is 5.19. The molecule has 2 aromatic carbocycles. The van der Waals surface area contributed by atoms with Crippen molar-refractivity contribution in [2.24, 2.45) is 0 Å². The van der Waals surface area contributed by atoms with Crippen LogP contribution in [0.5, 0.6) is 0 Å². The summed E-state index contributed by atoms with van der Waals surface area (Å²) >= 11 is 1.30. The van der Waals surface area contributed by atoms with E-state index in [4.69, 9.17) is 5.11 Å². The largest absolute Gasteiger partial charge is 0.476 e. The minimum atomic E-state index is -1.00. The second-order valence-electron chi connectivity index (χ2n) is 4.33. The maximum absolute atomic E-state index is 10.8. The number of hydrogen-bond acceptors (Lipinski definition) is 4. The van der Waals surface area contributed by atoms with Crippen LogP contribution in [0, 0.1) is 0 Å². The van der Waals surface area contributed by atoms with E-state index in [-0.39, 0.29) is 5.69 Å². The zero-order chi connectivity index (χ0) is 13.9. The Balaban J connectivity index is 1.81. The number of nitrogens with one attached hydrogen (secondary N) is 1. The van der Waals surface area contributed by atoms with E-state index in [1.54, 1.807) is 0 Å². The number of thiazole rings is 1. The highest BCUT2D eigenvalue weighted by Gasteiger charge is 2.08. The molecule has 3 aromatic rings. The van der Waals surface area contributed by atoms with Crippen LogP contribution in [-0.2, 0) is 6.54 Å². The van der Waals surface area contributed by atoms with Crippen LogP contribution in [0.15, 0.2) is 47.8 Å². The molecule has 0 spiro atoms. The average molecular weight is 284 g/mol. The Labute approximate surface area is 119 Å². The van der Waals surface area contributed by atoms with Crippen LogP contribution in [0.3, 0.4) is 0 Å². The van der Waals surface area contributed by atoms with E-state index < -0.39 is 5.97 Å². The molecule has 0 fully saturated rings. The lowest BCUT2D eigenvalue weighted by molar-refractivity contribution is 0.0691. The predicted molar refractivity (Wildman–Crippen MR) is 80.3 cm³/mol. The number of aromatic nitrogens is 1. The predicted octanol–water partition coefficient (Wildman–Crippen LogP) is 3.61. The lowest BCUT2D eigenvalue weighted by Crippen LogP contribution is -2.01. The van der Waals surface area contributed by atoms with Gasteiger partial charge in [-0.1, -0.05) is 42.5 Å². The van der Waals surface area contributed by atoms with Gasteiger partial charge in [0.15, 0.2) is 10.8 Å². The van der Waals surface area contributed by atoms with Crippen LogP contribution >= 0.6 is 11.3 Å². The standard InChI is InChI=1S/C15H12N2O2S/c18-14(19)13-9-20-15(17-13)16-8-11-6-3-5-10-4-1-2-7-12(10)11/h1-7,9H,8H2,(H,16,17)(H,18,19). The number of aromatic carboxylic acids is 1. The highest BCUT2D eigenvalue weighted by molar-refractivity contribution is 7.13. The van der Waals surface area contributed by atoms with Gasteiger partial charge in [0.25, 0.3) is 0 Å². The Morgan fingerprint density at radius 2 is 2.00 bits per heavy atom. The van der Waals surface area contributed by atoms with Gasteiger partial charge in [-0.3, -0.25) is 0 Å². The monoisotopic (exact) mass is 284 g/mol. The fourth-order valence-corrected chi connectivity index (χ4v) is 2.75. The summed E-state index contributed by atoms with van der Waals surface area (Å²) in [4.78, 5) is 14.8. The number of rotatable bonds is 4. The Bertz CT molecular complexity index is 762. The molecular formula is C15H12N2O2S. The maximum Gasteiger partial charge on any atom is 0.355 e. The van der Waals surface area contributed by atoms with Crippen molar-refractivity contribution in [3.63, 3.8) is 0 Å². The van der Waals surface area contributed by atoms with Gasteiger partial charge in [-0.05, 0) is 16.3 Å². The van der Waals surface area contributed by atoms with Gasteiger partial charge in [0.1, 0.15) is 0 Å². The van der Waals surface area contributed by atoms with E-state index in [0.29, 0.717) is 11.7 Å².